The fourth-order valence-electron chi connectivity index (χ4n) is 0.742. The lowest BCUT2D eigenvalue weighted by Gasteiger charge is -2.02. The third-order valence-electron chi connectivity index (χ3n) is 1.24. The zero-order valence-corrected chi connectivity index (χ0v) is 7.94. The van der Waals surface area contributed by atoms with Crippen molar-refractivity contribution in [3.05, 3.63) is 31.9 Å². The first-order chi connectivity index (χ1) is 6.81. The molecule has 0 radical (unpaired) electrons. The third-order valence-corrected chi connectivity index (χ3v) is 2.09. The molecule has 0 saturated heterocycles. The highest BCUT2D eigenvalue weighted by Crippen LogP contribution is 2.30. The van der Waals surface area contributed by atoms with Gasteiger partial charge in [0, 0.05) is 6.07 Å². The van der Waals surface area contributed by atoms with Crippen molar-refractivity contribution < 1.29 is 13.8 Å². The number of nitro benzene ring substituents is 1. The van der Waals surface area contributed by atoms with Gasteiger partial charge in [-0.05, 0) is 28.7 Å². The van der Waals surface area contributed by atoms with Gasteiger partial charge in [0.05, 0.1) is 19.6 Å². The quantitative estimate of drug-likeness (QED) is 0.474. The van der Waals surface area contributed by atoms with Crippen LogP contribution in [0.4, 0.5) is 5.69 Å². The zero-order valence-electron chi connectivity index (χ0n) is 8.78. The van der Waals surface area contributed by atoms with Crippen LogP contribution in [0.3, 0.4) is 0 Å². The van der Waals surface area contributed by atoms with E-state index in [1.165, 1.54) is 18.2 Å². The van der Waals surface area contributed by atoms with Crippen molar-refractivity contribution in [1.29, 1.82) is 0 Å². The minimum Gasteiger partial charge on any atom is -0.489 e. The number of halogens is 1. The van der Waals surface area contributed by atoms with E-state index in [4.69, 9.17) is 4.11 Å². The molecule has 0 saturated carbocycles. The Morgan fingerprint density at radius 3 is 3.08 bits per heavy atom. The molecule has 64 valence electrons. The highest BCUT2D eigenvalue weighted by molar-refractivity contribution is 14.1. The largest absolute Gasteiger partial charge is 0.489 e. The van der Waals surface area contributed by atoms with Gasteiger partial charge in [0.15, 0.2) is 0 Å². The Balaban J connectivity index is 3.19. The van der Waals surface area contributed by atoms with E-state index < -0.39 is 12.0 Å². The molecular formula is C7H6INO3. The van der Waals surface area contributed by atoms with Crippen molar-refractivity contribution in [2.45, 2.75) is 0 Å². The number of hydrogen-bond donors (Lipinski definition) is 0. The minimum atomic E-state index is -2.69. The van der Waals surface area contributed by atoms with Gasteiger partial charge < -0.3 is 4.74 Å². The molecule has 0 atom stereocenters. The maximum atomic E-state index is 10.6. The predicted molar refractivity (Wildman–Crippen MR) is 52.4 cm³/mol. The maximum Gasteiger partial charge on any atom is 0.312 e. The van der Waals surface area contributed by atoms with Crippen LogP contribution in [0, 0.1) is 13.7 Å². The zero-order chi connectivity index (χ0) is 11.6. The summed E-state index contributed by atoms with van der Waals surface area (Å²) in [6, 6.07) is 4.20. The molecule has 0 spiro atoms. The Labute approximate surface area is 87.0 Å². The first-order valence-corrected chi connectivity index (χ1v) is 4.01. The van der Waals surface area contributed by atoms with Gasteiger partial charge in [-0.15, -0.1) is 0 Å². The summed E-state index contributed by atoms with van der Waals surface area (Å²) in [6.07, 6.45) is 0. The van der Waals surface area contributed by atoms with Crippen molar-refractivity contribution in [3.8, 4) is 5.75 Å². The van der Waals surface area contributed by atoms with Crippen molar-refractivity contribution in [2.24, 2.45) is 0 Å². The SMILES string of the molecule is [2H]C([2H])([2H])Oc1c(I)cccc1[N+](=O)[O-]. The van der Waals surface area contributed by atoms with Crippen molar-refractivity contribution in [3.63, 3.8) is 0 Å². The van der Waals surface area contributed by atoms with Gasteiger partial charge in [-0.3, -0.25) is 10.1 Å². The first-order valence-electron chi connectivity index (χ1n) is 4.43. The molecule has 5 heteroatoms. The molecule has 1 aromatic rings. The molecule has 0 aromatic heterocycles. The molecule has 0 N–H and O–H groups in total. The van der Waals surface area contributed by atoms with E-state index in [2.05, 4.69) is 4.74 Å². The molecule has 1 rings (SSSR count). The number of nitrogens with zero attached hydrogens (tertiary/aromatic N) is 1. The van der Waals surface area contributed by atoms with E-state index in [9.17, 15) is 10.1 Å². The number of benzene rings is 1. The summed E-state index contributed by atoms with van der Waals surface area (Å²) in [4.78, 5) is 9.92. The number of para-hydroxylation sites is 1. The second-order valence-corrected chi connectivity index (χ2v) is 3.11. The number of nitro groups is 1. The normalized spacial score (nSPS) is 14.2. The lowest BCUT2D eigenvalue weighted by atomic mass is 10.3. The predicted octanol–water partition coefficient (Wildman–Crippen LogP) is 2.21. The summed E-state index contributed by atoms with van der Waals surface area (Å²) in [6.45, 7) is 0. The smallest absolute Gasteiger partial charge is 0.312 e. The summed E-state index contributed by atoms with van der Waals surface area (Å²) in [7, 11) is -2.69. The Kier molecular flexibility index (Phi) is 1.77. The van der Waals surface area contributed by atoms with Crippen LogP contribution in [0.2, 0.25) is 0 Å². The van der Waals surface area contributed by atoms with Gasteiger partial charge in [0.2, 0.25) is 5.75 Å². The Hall–Kier alpha value is -0.850. The van der Waals surface area contributed by atoms with Gasteiger partial charge in [0.25, 0.3) is 0 Å². The molecule has 0 aliphatic carbocycles. The highest BCUT2D eigenvalue weighted by atomic mass is 127. The van der Waals surface area contributed by atoms with Crippen molar-refractivity contribution in [2.75, 3.05) is 7.04 Å². The molecule has 0 fully saturated rings. The topological polar surface area (TPSA) is 52.4 Å². The van der Waals surface area contributed by atoms with Crippen LogP contribution in [0.5, 0.6) is 5.75 Å². The molecule has 1 aromatic carbocycles. The maximum absolute atomic E-state index is 10.6. The fraction of sp³-hybridized carbons (Fsp3) is 0.143. The Morgan fingerprint density at radius 2 is 2.50 bits per heavy atom. The fourth-order valence-corrected chi connectivity index (χ4v) is 1.34. The molecule has 0 aliphatic heterocycles. The summed E-state index contributed by atoms with van der Waals surface area (Å²) < 4.78 is 25.6. The second-order valence-electron chi connectivity index (χ2n) is 1.95. The highest BCUT2D eigenvalue weighted by Gasteiger charge is 2.15. The summed E-state index contributed by atoms with van der Waals surface area (Å²) >= 11 is 1.78. The van der Waals surface area contributed by atoms with Crippen molar-refractivity contribution in [1.82, 2.24) is 0 Å². The van der Waals surface area contributed by atoms with E-state index in [1.807, 2.05) is 0 Å². The van der Waals surface area contributed by atoms with Gasteiger partial charge in [-0.25, -0.2) is 0 Å². The van der Waals surface area contributed by atoms with Crippen LogP contribution >= 0.6 is 22.6 Å². The lowest BCUT2D eigenvalue weighted by Crippen LogP contribution is -1.94. The van der Waals surface area contributed by atoms with E-state index in [0.717, 1.165) is 0 Å². The molecule has 0 heterocycles. The number of ether oxygens (including phenoxy) is 1. The molecule has 4 nitrogen and oxygen atoms in total. The molecule has 0 aliphatic rings. The summed E-state index contributed by atoms with van der Waals surface area (Å²) in [5.74, 6) is -0.219. The van der Waals surface area contributed by atoms with Crippen LogP contribution < -0.4 is 4.74 Å². The monoisotopic (exact) mass is 282 g/mol. The van der Waals surface area contributed by atoms with Crippen LogP contribution in [0.1, 0.15) is 4.11 Å². The average molecular weight is 282 g/mol. The molecule has 0 unspecified atom stereocenters. The van der Waals surface area contributed by atoms with Gasteiger partial charge in [-0.2, -0.15) is 0 Å². The second kappa shape index (κ2) is 3.70. The molecule has 0 amide bonds. The number of methoxy groups -OCH3 is 1. The van der Waals surface area contributed by atoms with E-state index >= 15 is 0 Å². The third kappa shape index (κ3) is 1.66. The Bertz CT molecular complexity index is 394. The van der Waals surface area contributed by atoms with Gasteiger partial charge in [-0.1, -0.05) is 6.07 Å². The van der Waals surface area contributed by atoms with Crippen LogP contribution in [0.15, 0.2) is 18.2 Å². The Morgan fingerprint density at radius 1 is 1.75 bits per heavy atom. The van der Waals surface area contributed by atoms with Crippen LogP contribution in [0.25, 0.3) is 0 Å². The molecule has 0 bridgehead atoms. The van der Waals surface area contributed by atoms with Crippen molar-refractivity contribution >= 4 is 28.3 Å². The minimum absolute atomic E-state index is 0.219. The standard InChI is InChI=1S/C7H6INO3/c1-12-7-5(8)3-2-4-6(7)9(10)11/h2-4H,1H3/i1D3. The van der Waals surface area contributed by atoms with E-state index in [1.54, 1.807) is 22.6 Å². The lowest BCUT2D eigenvalue weighted by molar-refractivity contribution is -0.385. The van der Waals surface area contributed by atoms with E-state index in [-0.39, 0.29) is 11.4 Å². The van der Waals surface area contributed by atoms with Crippen LogP contribution in [-0.2, 0) is 0 Å². The summed E-state index contributed by atoms with van der Waals surface area (Å²) in [5.41, 5.74) is -0.349. The molecular weight excluding hydrogens is 273 g/mol. The van der Waals surface area contributed by atoms with Gasteiger partial charge in [0.1, 0.15) is 0 Å². The van der Waals surface area contributed by atoms with Gasteiger partial charge >= 0.3 is 5.69 Å². The molecule has 12 heavy (non-hydrogen) atoms. The number of hydrogen-bond acceptors (Lipinski definition) is 3. The van der Waals surface area contributed by atoms with Crippen LogP contribution in [-0.4, -0.2) is 12.0 Å². The summed E-state index contributed by atoms with van der Waals surface area (Å²) in [5, 5.41) is 10.6. The van der Waals surface area contributed by atoms with E-state index in [0.29, 0.717) is 3.57 Å². The average Bonchev–Trinajstić information content (AvgIpc) is 2.05. The number of rotatable bonds is 2. The first kappa shape index (κ1) is 5.74.